The molecule has 11 nitrogen and oxygen atoms in total. The van der Waals surface area contributed by atoms with E-state index < -0.39 is 23.8 Å². The Labute approximate surface area is 206 Å². The number of hydrogen-bond acceptors (Lipinski definition) is 9. The topological polar surface area (TPSA) is 148 Å². The van der Waals surface area contributed by atoms with Gasteiger partial charge in [0.25, 0.3) is 5.91 Å². The van der Waals surface area contributed by atoms with Crippen LogP contribution in [0.4, 0.5) is 0 Å². The number of halogens is 1. The van der Waals surface area contributed by atoms with Gasteiger partial charge in [0.05, 0.1) is 62.4 Å². The molecule has 0 bridgehead atoms. The highest BCUT2D eigenvalue weighted by atomic mass is 35.5. The van der Waals surface area contributed by atoms with Crippen molar-refractivity contribution in [2.24, 2.45) is 5.73 Å². The Hall–Kier alpha value is -3.70. The molecule has 0 fully saturated rings. The Balaban J connectivity index is 1.93. The van der Waals surface area contributed by atoms with Gasteiger partial charge in [-0.05, 0) is 25.5 Å². The Morgan fingerprint density at radius 1 is 1.20 bits per heavy atom. The van der Waals surface area contributed by atoms with Gasteiger partial charge in [0.15, 0.2) is 5.69 Å². The number of nitrogens with one attached hydrogen (secondary N) is 1. The largest absolute Gasteiger partial charge is 0.466 e. The first-order chi connectivity index (χ1) is 16.8. The summed E-state index contributed by atoms with van der Waals surface area (Å²) in [4.78, 5) is 37.1. The number of aromatic nitrogens is 3. The molecule has 2 heterocycles. The number of carbonyl (C=O) groups excluding carboxylic acids is 3. The zero-order valence-corrected chi connectivity index (χ0v) is 20.3. The van der Waals surface area contributed by atoms with Crippen LogP contribution in [0.25, 0.3) is 0 Å². The van der Waals surface area contributed by atoms with Crippen molar-refractivity contribution in [3.8, 4) is 0 Å². The van der Waals surface area contributed by atoms with Gasteiger partial charge in [0.1, 0.15) is 0 Å². The minimum atomic E-state index is -0.830. The van der Waals surface area contributed by atoms with Crippen molar-refractivity contribution in [2.75, 3.05) is 26.9 Å². The summed E-state index contributed by atoms with van der Waals surface area (Å²) in [5.74, 6) is -2.72. The maximum Gasteiger partial charge on any atom is 0.336 e. The SMILES string of the molecule is CCOC(=O)C1=C(COCCn2cc(C(N)=O)nn2)NC(C)=C(C(=O)OC)C1c1ccccc1Cl. The maximum absolute atomic E-state index is 13.1. The lowest BCUT2D eigenvalue weighted by Gasteiger charge is -2.31. The highest BCUT2D eigenvalue weighted by Gasteiger charge is 2.39. The first-order valence-corrected chi connectivity index (χ1v) is 11.1. The Morgan fingerprint density at radius 2 is 1.94 bits per heavy atom. The van der Waals surface area contributed by atoms with Crippen molar-refractivity contribution in [1.29, 1.82) is 0 Å². The van der Waals surface area contributed by atoms with Gasteiger partial charge in [-0.15, -0.1) is 5.10 Å². The molecule has 1 unspecified atom stereocenters. The fourth-order valence-electron chi connectivity index (χ4n) is 3.71. The molecule has 186 valence electrons. The fraction of sp³-hybridized carbons (Fsp3) is 0.348. The van der Waals surface area contributed by atoms with Gasteiger partial charge in [-0.25, -0.2) is 14.3 Å². The number of allylic oxidation sites excluding steroid dienone is 1. The number of amides is 1. The lowest BCUT2D eigenvalue weighted by Crippen LogP contribution is -2.35. The lowest BCUT2D eigenvalue weighted by molar-refractivity contribution is -0.139. The molecule has 1 amide bonds. The summed E-state index contributed by atoms with van der Waals surface area (Å²) in [6.45, 7) is 4.01. The third kappa shape index (κ3) is 5.87. The first-order valence-electron chi connectivity index (χ1n) is 10.8. The van der Waals surface area contributed by atoms with Crippen LogP contribution in [0, 0.1) is 0 Å². The molecular formula is C23H26ClN5O6. The van der Waals surface area contributed by atoms with Crippen LogP contribution in [0.15, 0.2) is 53.0 Å². The van der Waals surface area contributed by atoms with Gasteiger partial charge < -0.3 is 25.3 Å². The summed E-state index contributed by atoms with van der Waals surface area (Å²) in [5, 5.41) is 11.0. The molecule has 2 aromatic rings. The average Bonchev–Trinajstić information content (AvgIpc) is 3.31. The highest BCUT2D eigenvalue weighted by Crippen LogP contribution is 2.41. The molecule has 35 heavy (non-hydrogen) atoms. The quantitative estimate of drug-likeness (QED) is 0.365. The number of dihydropyridines is 1. The predicted octanol–water partition coefficient (Wildman–Crippen LogP) is 1.70. The predicted molar refractivity (Wildman–Crippen MR) is 125 cm³/mol. The first kappa shape index (κ1) is 25.9. The number of rotatable bonds is 10. The maximum atomic E-state index is 13.1. The molecule has 3 rings (SSSR count). The van der Waals surface area contributed by atoms with E-state index in [1.165, 1.54) is 18.0 Å². The number of nitrogens with two attached hydrogens (primary N) is 1. The summed E-state index contributed by atoms with van der Waals surface area (Å²) in [6.07, 6.45) is 1.41. The van der Waals surface area contributed by atoms with Gasteiger partial charge in [0, 0.05) is 10.7 Å². The summed E-state index contributed by atoms with van der Waals surface area (Å²) < 4.78 is 17.5. The van der Waals surface area contributed by atoms with Crippen LogP contribution < -0.4 is 11.1 Å². The number of benzene rings is 1. The Morgan fingerprint density at radius 3 is 2.57 bits per heavy atom. The van der Waals surface area contributed by atoms with Crippen LogP contribution in [-0.4, -0.2) is 59.8 Å². The zero-order chi connectivity index (χ0) is 25.5. The molecule has 1 aromatic carbocycles. The average molecular weight is 504 g/mol. The molecule has 1 aliphatic rings. The third-order valence-electron chi connectivity index (χ3n) is 5.26. The molecule has 12 heteroatoms. The number of primary amides is 1. The molecule has 0 saturated carbocycles. The molecule has 0 saturated heterocycles. The molecule has 0 aliphatic carbocycles. The Kier molecular flexibility index (Phi) is 8.61. The van der Waals surface area contributed by atoms with E-state index in [1.54, 1.807) is 38.1 Å². The van der Waals surface area contributed by atoms with Crippen LogP contribution in [0.2, 0.25) is 5.02 Å². The van der Waals surface area contributed by atoms with E-state index in [1.807, 2.05) is 0 Å². The van der Waals surface area contributed by atoms with E-state index >= 15 is 0 Å². The van der Waals surface area contributed by atoms with Gasteiger partial charge in [-0.1, -0.05) is 35.0 Å². The van der Waals surface area contributed by atoms with Crippen molar-refractivity contribution in [3.05, 3.63) is 69.3 Å². The number of hydrogen-bond donors (Lipinski definition) is 2. The van der Waals surface area contributed by atoms with E-state index in [0.29, 0.717) is 28.5 Å². The van der Waals surface area contributed by atoms with Crippen molar-refractivity contribution >= 4 is 29.4 Å². The number of esters is 2. The van der Waals surface area contributed by atoms with Crippen LogP contribution in [0.3, 0.4) is 0 Å². The second-order valence-corrected chi connectivity index (χ2v) is 7.91. The lowest BCUT2D eigenvalue weighted by atomic mass is 9.80. The van der Waals surface area contributed by atoms with Crippen LogP contribution in [0.5, 0.6) is 0 Å². The van der Waals surface area contributed by atoms with E-state index in [0.717, 1.165) is 0 Å². The molecule has 0 spiro atoms. The highest BCUT2D eigenvalue weighted by molar-refractivity contribution is 6.31. The number of methoxy groups -OCH3 is 1. The van der Waals surface area contributed by atoms with Crippen molar-refractivity contribution in [1.82, 2.24) is 20.3 Å². The molecule has 1 atom stereocenters. The van der Waals surface area contributed by atoms with Crippen molar-refractivity contribution in [3.63, 3.8) is 0 Å². The molecule has 0 radical (unpaired) electrons. The van der Waals surface area contributed by atoms with Crippen LogP contribution in [0.1, 0.15) is 35.8 Å². The number of nitrogens with zero attached hydrogens (tertiary/aromatic N) is 3. The standard InChI is InChI=1S/C23H26ClN5O6/c1-4-35-23(32)20-17(12-34-10-9-29-11-16(21(25)30)27-28-29)26-13(2)18(22(31)33-3)19(20)14-7-5-6-8-15(14)24/h5-8,11,19,26H,4,9-10,12H2,1-3H3,(H2,25,30). The second-order valence-electron chi connectivity index (χ2n) is 7.51. The van der Waals surface area contributed by atoms with E-state index in [2.05, 4.69) is 15.6 Å². The second kappa shape index (κ2) is 11.6. The number of carbonyl (C=O) groups is 3. The smallest absolute Gasteiger partial charge is 0.336 e. The normalized spacial score (nSPS) is 15.6. The summed E-state index contributed by atoms with van der Waals surface area (Å²) in [6, 6.07) is 6.95. The zero-order valence-electron chi connectivity index (χ0n) is 19.5. The van der Waals surface area contributed by atoms with E-state index in [4.69, 9.17) is 31.5 Å². The van der Waals surface area contributed by atoms with Crippen molar-refractivity contribution < 1.29 is 28.6 Å². The fourth-order valence-corrected chi connectivity index (χ4v) is 3.96. The van der Waals surface area contributed by atoms with Crippen molar-refractivity contribution in [2.45, 2.75) is 26.3 Å². The van der Waals surface area contributed by atoms with Crippen LogP contribution in [-0.2, 0) is 30.3 Å². The van der Waals surface area contributed by atoms with Gasteiger partial charge in [0.2, 0.25) is 0 Å². The van der Waals surface area contributed by atoms with E-state index in [-0.39, 0.29) is 36.7 Å². The monoisotopic (exact) mass is 503 g/mol. The third-order valence-corrected chi connectivity index (χ3v) is 5.61. The van der Waals surface area contributed by atoms with Gasteiger partial charge in [-0.2, -0.15) is 0 Å². The van der Waals surface area contributed by atoms with Gasteiger partial charge >= 0.3 is 11.9 Å². The molecule has 1 aromatic heterocycles. The van der Waals surface area contributed by atoms with E-state index in [9.17, 15) is 14.4 Å². The summed E-state index contributed by atoms with van der Waals surface area (Å²) in [7, 11) is 1.27. The van der Waals surface area contributed by atoms with Gasteiger partial charge in [-0.3, -0.25) is 4.79 Å². The summed E-state index contributed by atoms with van der Waals surface area (Å²) >= 11 is 6.48. The minimum Gasteiger partial charge on any atom is -0.466 e. The minimum absolute atomic E-state index is 0.00172. The number of ether oxygens (including phenoxy) is 3. The summed E-state index contributed by atoms with van der Waals surface area (Å²) in [5.41, 5.74) is 7.15. The Bertz CT molecular complexity index is 1190. The van der Waals surface area contributed by atoms with Crippen LogP contribution >= 0.6 is 11.6 Å². The molecular weight excluding hydrogens is 478 g/mol. The molecule has 1 aliphatic heterocycles. The molecule has 3 N–H and O–H groups in total.